The van der Waals surface area contributed by atoms with Gasteiger partial charge in [-0.05, 0) is 73.5 Å². The molecule has 0 amide bonds. The smallest absolute Gasteiger partial charge is 0.307 e. The summed E-state index contributed by atoms with van der Waals surface area (Å²) in [5.41, 5.74) is -0.590. The van der Waals surface area contributed by atoms with Gasteiger partial charge in [-0.3, -0.25) is 14.4 Å². The third-order valence-electron chi connectivity index (χ3n) is 9.94. The summed E-state index contributed by atoms with van der Waals surface area (Å²) in [4.78, 5) is 37.4. The molecule has 0 heterocycles. The van der Waals surface area contributed by atoms with E-state index in [1.54, 1.807) is 0 Å². The molecule has 3 aliphatic rings. The molecule has 0 aromatic heterocycles. The molecule has 3 aliphatic carbocycles. The van der Waals surface area contributed by atoms with Crippen LogP contribution in [0.25, 0.3) is 0 Å². The predicted octanol–water partition coefficient (Wildman–Crippen LogP) is 6.28. The summed E-state index contributed by atoms with van der Waals surface area (Å²) in [5, 5.41) is 10.4. The molecule has 0 aromatic rings. The van der Waals surface area contributed by atoms with Gasteiger partial charge < -0.3 is 9.84 Å². The highest BCUT2D eigenvalue weighted by molar-refractivity contribution is 5.87. The molecule has 3 saturated carbocycles. The van der Waals surface area contributed by atoms with Crippen molar-refractivity contribution in [1.82, 2.24) is 0 Å². The van der Waals surface area contributed by atoms with Crippen molar-refractivity contribution in [1.29, 1.82) is 0 Å². The van der Waals surface area contributed by atoms with Crippen LogP contribution >= 0.6 is 0 Å². The molecule has 188 valence electrons. The van der Waals surface area contributed by atoms with Gasteiger partial charge >= 0.3 is 11.9 Å². The van der Waals surface area contributed by atoms with Crippen LogP contribution in [0.3, 0.4) is 0 Å². The van der Waals surface area contributed by atoms with Crippen LogP contribution in [0.5, 0.6) is 0 Å². The monoisotopic (exact) mass is 462 g/mol. The fourth-order valence-corrected chi connectivity index (χ4v) is 8.09. The van der Waals surface area contributed by atoms with Gasteiger partial charge in [0.2, 0.25) is 0 Å². The fourth-order valence-electron chi connectivity index (χ4n) is 8.09. The van der Waals surface area contributed by atoms with E-state index < -0.39 is 17.3 Å². The Kier molecular flexibility index (Phi) is 8.01. The van der Waals surface area contributed by atoms with Gasteiger partial charge in [0.25, 0.3) is 0 Å². The van der Waals surface area contributed by atoms with Crippen LogP contribution in [0, 0.1) is 46.3 Å². The maximum atomic E-state index is 13.3. The minimum atomic E-state index is -0.722. The number of ketones is 1. The number of esters is 1. The molecule has 0 radical (unpaired) electrons. The third kappa shape index (κ3) is 5.17. The molecule has 8 unspecified atom stereocenters. The van der Waals surface area contributed by atoms with Crippen LogP contribution in [0.1, 0.15) is 106 Å². The highest BCUT2D eigenvalue weighted by atomic mass is 16.5. The molecule has 33 heavy (non-hydrogen) atoms. The second-order valence-electron chi connectivity index (χ2n) is 12.4. The zero-order chi connectivity index (χ0) is 24.6. The van der Waals surface area contributed by atoms with Crippen LogP contribution in [-0.2, 0) is 19.1 Å². The zero-order valence-corrected chi connectivity index (χ0v) is 21.7. The standard InChI is InChI=1S/C28H46O5/c1-17(2)8-7-9-18(3)21-10-11-22-25(26(31)32)23(13-15-27(21,22)5)28(6)14-12-20(16-24(28)30)33-19(4)29/h17-18,20-23,25H,7-16H2,1-6H3,(H,31,32). The first kappa shape index (κ1) is 26.2. The van der Waals surface area contributed by atoms with E-state index in [2.05, 4.69) is 27.7 Å². The summed E-state index contributed by atoms with van der Waals surface area (Å²) in [6, 6.07) is 0. The van der Waals surface area contributed by atoms with Gasteiger partial charge in [-0.15, -0.1) is 0 Å². The van der Waals surface area contributed by atoms with Crippen LogP contribution in [0.4, 0.5) is 0 Å². The minimum Gasteiger partial charge on any atom is -0.481 e. The highest BCUT2D eigenvalue weighted by Gasteiger charge is 2.61. The zero-order valence-electron chi connectivity index (χ0n) is 21.7. The van der Waals surface area contributed by atoms with Crippen molar-refractivity contribution < 1.29 is 24.2 Å². The van der Waals surface area contributed by atoms with Gasteiger partial charge in [0.05, 0.1) is 5.92 Å². The summed E-state index contributed by atoms with van der Waals surface area (Å²) < 4.78 is 5.31. The molecule has 0 bridgehead atoms. The number of carbonyl (C=O) groups is 3. The van der Waals surface area contributed by atoms with Crippen LogP contribution < -0.4 is 0 Å². The summed E-state index contributed by atoms with van der Waals surface area (Å²) in [5.74, 6) is 0.461. The molecule has 0 aliphatic heterocycles. The van der Waals surface area contributed by atoms with E-state index >= 15 is 0 Å². The Bertz CT molecular complexity index is 745. The van der Waals surface area contributed by atoms with Crippen molar-refractivity contribution in [3.8, 4) is 0 Å². The maximum Gasteiger partial charge on any atom is 0.307 e. The fraction of sp³-hybridized carbons (Fsp3) is 0.893. The first-order valence-electron chi connectivity index (χ1n) is 13.3. The number of rotatable bonds is 8. The lowest BCUT2D eigenvalue weighted by molar-refractivity contribution is -0.165. The molecule has 3 rings (SSSR count). The number of carboxylic acid groups (broad SMARTS) is 1. The average molecular weight is 463 g/mol. The number of aliphatic carboxylic acids is 1. The lowest BCUT2D eigenvalue weighted by Crippen LogP contribution is -2.54. The number of Topliss-reactive ketones (excluding diaryl/α,β-unsaturated/α-hetero) is 1. The number of hydrogen-bond acceptors (Lipinski definition) is 4. The van der Waals surface area contributed by atoms with Gasteiger partial charge in [-0.1, -0.05) is 53.9 Å². The SMILES string of the molecule is CC(=O)OC1CCC(C)(C2CCC3(C)C(C(C)CCCC(C)C)CCC3C2C(=O)O)C(=O)C1. The van der Waals surface area contributed by atoms with Crippen LogP contribution in [0.15, 0.2) is 0 Å². The van der Waals surface area contributed by atoms with Gasteiger partial charge in [0.1, 0.15) is 11.9 Å². The van der Waals surface area contributed by atoms with E-state index in [0.717, 1.165) is 31.6 Å². The Morgan fingerprint density at radius 2 is 1.73 bits per heavy atom. The molecule has 1 N–H and O–H groups in total. The Balaban J connectivity index is 1.77. The highest BCUT2D eigenvalue weighted by Crippen LogP contribution is 2.64. The second-order valence-corrected chi connectivity index (χ2v) is 12.4. The average Bonchev–Trinajstić information content (AvgIpc) is 3.06. The van der Waals surface area contributed by atoms with Gasteiger partial charge in [0, 0.05) is 18.8 Å². The molecular weight excluding hydrogens is 416 g/mol. The quantitative estimate of drug-likeness (QED) is 0.429. The Morgan fingerprint density at radius 3 is 2.30 bits per heavy atom. The van der Waals surface area contributed by atoms with Crippen molar-refractivity contribution in [2.75, 3.05) is 0 Å². The van der Waals surface area contributed by atoms with Crippen molar-refractivity contribution in [3.05, 3.63) is 0 Å². The van der Waals surface area contributed by atoms with Gasteiger partial charge in [-0.2, -0.15) is 0 Å². The number of carbonyl (C=O) groups excluding carboxylic acids is 2. The molecule has 5 heteroatoms. The molecule has 0 saturated heterocycles. The minimum absolute atomic E-state index is 0.0468. The van der Waals surface area contributed by atoms with Gasteiger partial charge in [-0.25, -0.2) is 0 Å². The van der Waals surface area contributed by atoms with Crippen molar-refractivity contribution in [2.45, 2.75) is 112 Å². The number of fused-ring (bicyclic) bond motifs is 1. The number of carboxylic acids is 1. The summed E-state index contributed by atoms with van der Waals surface area (Å²) in [7, 11) is 0. The predicted molar refractivity (Wildman–Crippen MR) is 129 cm³/mol. The third-order valence-corrected chi connectivity index (χ3v) is 9.94. The lowest BCUT2D eigenvalue weighted by atomic mass is 9.50. The molecule has 3 fully saturated rings. The van der Waals surface area contributed by atoms with Gasteiger partial charge in [0.15, 0.2) is 0 Å². The molecule has 8 atom stereocenters. The van der Waals surface area contributed by atoms with Crippen molar-refractivity contribution in [2.24, 2.45) is 46.3 Å². The first-order valence-corrected chi connectivity index (χ1v) is 13.3. The van der Waals surface area contributed by atoms with E-state index in [9.17, 15) is 19.5 Å². The second kappa shape index (κ2) is 10.1. The van der Waals surface area contributed by atoms with Crippen LogP contribution in [0.2, 0.25) is 0 Å². The topological polar surface area (TPSA) is 80.7 Å². The molecule has 0 aromatic carbocycles. The first-order chi connectivity index (χ1) is 15.4. The normalized spacial score (nSPS) is 39.8. The number of ether oxygens (including phenoxy) is 1. The molecule has 5 nitrogen and oxygen atoms in total. The Hall–Kier alpha value is -1.39. The largest absolute Gasteiger partial charge is 0.481 e. The van der Waals surface area contributed by atoms with E-state index in [1.165, 1.54) is 26.2 Å². The Morgan fingerprint density at radius 1 is 1.03 bits per heavy atom. The summed E-state index contributed by atoms with van der Waals surface area (Å²) in [6.45, 7) is 12.6. The van der Waals surface area contributed by atoms with E-state index in [4.69, 9.17) is 4.74 Å². The van der Waals surface area contributed by atoms with E-state index in [1.807, 2.05) is 6.92 Å². The van der Waals surface area contributed by atoms with E-state index in [0.29, 0.717) is 24.7 Å². The van der Waals surface area contributed by atoms with Crippen LogP contribution in [-0.4, -0.2) is 28.9 Å². The Labute approximate surface area is 200 Å². The summed E-state index contributed by atoms with van der Waals surface area (Å²) >= 11 is 0. The molecule has 0 spiro atoms. The van der Waals surface area contributed by atoms with Crippen molar-refractivity contribution >= 4 is 17.7 Å². The summed E-state index contributed by atoms with van der Waals surface area (Å²) in [6.07, 6.45) is 8.73. The van der Waals surface area contributed by atoms with Crippen molar-refractivity contribution in [3.63, 3.8) is 0 Å². The molecular formula is C28H46O5. The maximum absolute atomic E-state index is 13.3. The lowest BCUT2D eigenvalue weighted by Gasteiger charge is -2.53. The van der Waals surface area contributed by atoms with E-state index in [-0.39, 0.29) is 41.5 Å². The number of hydrogen-bond donors (Lipinski definition) is 1.